The molecule has 0 aromatic heterocycles. The number of ether oxygens (including phenoxy) is 1. The van der Waals surface area contributed by atoms with Crippen LogP contribution in [0.1, 0.15) is 49.1 Å². The zero-order valence-corrected chi connectivity index (χ0v) is 17.2. The third kappa shape index (κ3) is 4.26. The topological polar surface area (TPSA) is 105 Å². The summed E-state index contributed by atoms with van der Waals surface area (Å²) < 4.78 is 5.41. The molecule has 7 heteroatoms. The molecule has 0 saturated heterocycles. The van der Waals surface area contributed by atoms with Gasteiger partial charge in [0.1, 0.15) is 18.7 Å². The molecule has 0 heterocycles. The molecule has 1 saturated carbocycles. The van der Waals surface area contributed by atoms with E-state index >= 15 is 0 Å². The van der Waals surface area contributed by atoms with E-state index in [1.165, 1.54) is 0 Å². The Morgan fingerprint density at radius 2 is 1.52 bits per heavy atom. The summed E-state index contributed by atoms with van der Waals surface area (Å²) in [7, 11) is 0. The Morgan fingerprint density at radius 3 is 2.10 bits per heavy atom. The Labute approximate surface area is 180 Å². The number of hydrogen-bond donors (Lipinski definition) is 3. The van der Waals surface area contributed by atoms with Crippen molar-refractivity contribution in [3.63, 3.8) is 0 Å². The van der Waals surface area contributed by atoms with Crippen LogP contribution in [0.5, 0.6) is 0 Å². The van der Waals surface area contributed by atoms with Crippen molar-refractivity contribution in [2.24, 2.45) is 0 Å². The predicted octanol–water partition coefficient (Wildman–Crippen LogP) is 3.43. The maximum Gasteiger partial charge on any atom is 0.407 e. The zero-order chi connectivity index (χ0) is 21.8. The van der Waals surface area contributed by atoms with Gasteiger partial charge in [-0.3, -0.25) is 4.79 Å². The van der Waals surface area contributed by atoms with Gasteiger partial charge in [0.2, 0.25) is 5.91 Å². The van der Waals surface area contributed by atoms with Gasteiger partial charge >= 0.3 is 12.1 Å². The Kier molecular flexibility index (Phi) is 5.93. The number of carboxylic acid groups (broad SMARTS) is 1. The second-order valence-corrected chi connectivity index (χ2v) is 8.18. The summed E-state index contributed by atoms with van der Waals surface area (Å²) in [6.07, 6.45) is 2.57. The zero-order valence-electron chi connectivity index (χ0n) is 17.2. The van der Waals surface area contributed by atoms with Crippen LogP contribution < -0.4 is 10.6 Å². The fraction of sp³-hybridized carbons (Fsp3) is 0.375. The molecule has 3 N–H and O–H groups in total. The van der Waals surface area contributed by atoms with Gasteiger partial charge in [0.15, 0.2) is 0 Å². The highest BCUT2D eigenvalue weighted by Gasteiger charge is 2.40. The fourth-order valence-corrected chi connectivity index (χ4v) is 4.66. The average molecular weight is 422 g/mol. The maximum atomic E-state index is 12.3. The van der Waals surface area contributed by atoms with Crippen molar-refractivity contribution in [3.05, 3.63) is 59.7 Å². The van der Waals surface area contributed by atoms with Crippen LogP contribution in [0.3, 0.4) is 0 Å². The molecule has 0 unspecified atom stereocenters. The Balaban J connectivity index is 1.32. The van der Waals surface area contributed by atoms with E-state index in [1.54, 1.807) is 0 Å². The van der Waals surface area contributed by atoms with E-state index in [1.807, 2.05) is 36.4 Å². The molecular weight excluding hydrogens is 396 g/mol. The van der Waals surface area contributed by atoms with Gasteiger partial charge in [0.25, 0.3) is 0 Å². The van der Waals surface area contributed by atoms with E-state index in [9.17, 15) is 19.5 Å². The largest absolute Gasteiger partial charge is 0.480 e. The number of nitrogens with one attached hydrogen (secondary N) is 2. The number of rotatable bonds is 6. The molecule has 2 amide bonds. The first-order valence-electron chi connectivity index (χ1n) is 10.6. The first kappa shape index (κ1) is 20.9. The molecule has 162 valence electrons. The number of carboxylic acids is 1. The third-order valence-corrected chi connectivity index (χ3v) is 6.23. The highest BCUT2D eigenvalue weighted by molar-refractivity contribution is 5.89. The first-order valence-corrected chi connectivity index (χ1v) is 10.6. The molecule has 1 fully saturated rings. The van der Waals surface area contributed by atoms with Gasteiger partial charge in [-0.25, -0.2) is 9.59 Å². The fourth-order valence-electron chi connectivity index (χ4n) is 4.66. The van der Waals surface area contributed by atoms with Crippen molar-refractivity contribution >= 4 is 18.0 Å². The van der Waals surface area contributed by atoms with Crippen molar-refractivity contribution in [1.82, 2.24) is 10.6 Å². The highest BCUT2D eigenvalue weighted by Crippen LogP contribution is 2.44. The molecule has 0 spiro atoms. The Hall–Kier alpha value is -3.35. The molecule has 0 radical (unpaired) electrons. The van der Waals surface area contributed by atoms with Crippen LogP contribution in [0.25, 0.3) is 11.1 Å². The van der Waals surface area contributed by atoms with E-state index in [0.717, 1.165) is 41.5 Å². The van der Waals surface area contributed by atoms with Crippen molar-refractivity contribution in [2.75, 3.05) is 13.2 Å². The van der Waals surface area contributed by atoms with Gasteiger partial charge in [-0.2, -0.15) is 0 Å². The minimum atomic E-state index is -1.24. The van der Waals surface area contributed by atoms with Crippen LogP contribution in [-0.4, -0.2) is 41.8 Å². The predicted molar refractivity (Wildman–Crippen MR) is 115 cm³/mol. The number of carbonyl (C=O) groups is 3. The first-order chi connectivity index (χ1) is 15.0. The third-order valence-electron chi connectivity index (χ3n) is 6.23. The number of benzene rings is 2. The Morgan fingerprint density at radius 1 is 0.935 bits per heavy atom. The van der Waals surface area contributed by atoms with Gasteiger partial charge in [-0.1, -0.05) is 67.8 Å². The van der Waals surface area contributed by atoms with E-state index in [-0.39, 0.29) is 19.1 Å². The number of carbonyl (C=O) groups excluding carboxylic acids is 2. The van der Waals surface area contributed by atoms with Gasteiger partial charge < -0.3 is 20.5 Å². The van der Waals surface area contributed by atoms with E-state index in [4.69, 9.17) is 4.74 Å². The van der Waals surface area contributed by atoms with Crippen molar-refractivity contribution in [2.45, 2.75) is 43.6 Å². The molecule has 4 rings (SSSR count). The number of aliphatic carboxylic acids is 1. The van der Waals surface area contributed by atoms with Crippen LogP contribution in [-0.2, 0) is 14.3 Å². The summed E-state index contributed by atoms with van der Waals surface area (Å²) in [4.78, 5) is 36.1. The molecule has 0 aliphatic heterocycles. The molecule has 7 nitrogen and oxygen atoms in total. The van der Waals surface area contributed by atoms with Crippen molar-refractivity contribution in [3.8, 4) is 11.1 Å². The summed E-state index contributed by atoms with van der Waals surface area (Å²) in [5.41, 5.74) is 3.25. The van der Waals surface area contributed by atoms with Gasteiger partial charge in [0.05, 0.1) is 0 Å². The van der Waals surface area contributed by atoms with Gasteiger partial charge in [-0.05, 0) is 35.1 Å². The maximum absolute atomic E-state index is 12.3. The molecule has 2 aliphatic rings. The number of amides is 2. The molecule has 0 bridgehead atoms. The average Bonchev–Trinajstić information content (AvgIpc) is 3.10. The molecule has 2 aromatic rings. The summed E-state index contributed by atoms with van der Waals surface area (Å²) >= 11 is 0. The van der Waals surface area contributed by atoms with E-state index < -0.39 is 23.5 Å². The van der Waals surface area contributed by atoms with Gasteiger partial charge in [0, 0.05) is 5.92 Å². The summed E-state index contributed by atoms with van der Waals surface area (Å²) in [6.45, 7) is -0.174. The van der Waals surface area contributed by atoms with Crippen molar-refractivity contribution < 1.29 is 24.2 Å². The SMILES string of the molecule is O=C(CNC(=O)OCC1c2ccccc2-c2ccccc21)NC1(C(=O)O)CCCCC1. The number of hydrogen-bond acceptors (Lipinski definition) is 4. The lowest BCUT2D eigenvalue weighted by molar-refractivity contribution is -0.149. The van der Waals surface area contributed by atoms with Crippen LogP contribution in [0.2, 0.25) is 0 Å². The van der Waals surface area contributed by atoms with E-state index in [0.29, 0.717) is 12.8 Å². The lowest BCUT2D eigenvalue weighted by Gasteiger charge is -2.33. The van der Waals surface area contributed by atoms with Crippen LogP contribution >= 0.6 is 0 Å². The molecule has 31 heavy (non-hydrogen) atoms. The molecule has 0 atom stereocenters. The minimum absolute atomic E-state index is 0.0653. The van der Waals surface area contributed by atoms with Crippen molar-refractivity contribution in [1.29, 1.82) is 0 Å². The van der Waals surface area contributed by atoms with Gasteiger partial charge in [-0.15, -0.1) is 0 Å². The standard InChI is InChI=1S/C24H26N2O5/c27-21(26-24(22(28)29)12-6-1-7-13-24)14-25-23(30)31-15-20-18-10-4-2-8-16(18)17-9-3-5-11-19(17)20/h2-5,8-11,20H,1,6-7,12-15H2,(H,25,30)(H,26,27)(H,28,29). The molecular formula is C24H26N2O5. The Bertz CT molecular complexity index is 951. The second kappa shape index (κ2) is 8.79. The van der Waals surface area contributed by atoms with E-state index in [2.05, 4.69) is 22.8 Å². The van der Waals surface area contributed by atoms with Crippen LogP contribution in [0, 0.1) is 0 Å². The quantitative estimate of drug-likeness (QED) is 0.662. The lowest BCUT2D eigenvalue weighted by atomic mass is 9.81. The highest BCUT2D eigenvalue weighted by atomic mass is 16.5. The number of fused-ring (bicyclic) bond motifs is 3. The summed E-state index contributed by atoms with van der Waals surface area (Å²) in [6, 6.07) is 16.1. The summed E-state index contributed by atoms with van der Waals surface area (Å²) in [5.74, 6) is -1.62. The molecule has 2 aliphatic carbocycles. The normalized spacial score (nSPS) is 16.6. The second-order valence-electron chi connectivity index (χ2n) is 8.18. The van der Waals surface area contributed by atoms with Crippen LogP contribution in [0.4, 0.5) is 4.79 Å². The summed E-state index contributed by atoms with van der Waals surface area (Å²) in [5, 5.41) is 14.6. The molecule has 2 aromatic carbocycles. The minimum Gasteiger partial charge on any atom is -0.480 e. The lowest BCUT2D eigenvalue weighted by Crippen LogP contribution is -2.57. The monoisotopic (exact) mass is 422 g/mol. The van der Waals surface area contributed by atoms with Crippen LogP contribution in [0.15, 0.2) is 48.5 Å². The number of alkyl carbamates (subject to hydrolysis) is 1. The smallest absolute Gasteiger partial charge is 0.407 e.